The minimum atomic E-state index is 1.35. The van der Waals surface area contributed by atoms with Gasteiger partial charge in [0, 0.05) is 0 Å². The van der Waals surface area contributed by atoms with Gasteiger partial charge >= 0.3 is 0 Å². The van der Waals surface area contributed by atoms with Gasteiger partial charge in [-0.25, -0.2) is 0 Å². The lowest BCUT2D eigenvalue weighted by Gasteiger charge is -2.25. The standard InChI is InChI=1S/C68H140N2/c1-5-9-13-17-21-25-29-33-37-41-45-49-53-57-63-69(64-58-54-50-46-42-38-34-30-26-22-18-14-10-6-2)67-61-62-68-70(65-59-55-51-47-43-39-35-31-27-23-19-15-11-7-3)66-60-56-52-48-44-40-36-32-28-24-20-16-12-8-4/h5-68H2,1-4H3. The highest BCUT2D eigenvalue weighted by Gasteiger charge is 2.09. The van der Waals surface area contributed by atoms with Gasteiger partial charge in [0.25, 0.3) is 0 Å². The number of unbranched alkanes of at least 4 members (excludes halogenated alkanes) is 53. The Labute approximate surface area is 447 Å². The summed E-state index contributed by atoms with van der Waals surface area (Å²) >= 11 is 0. The maximum Gasteiger partial charge on any atom is -0.00183 e. The van der Waals surface area contributed by atoms with Crippen LogP contribution in [0.5, 0.6) is 0 Å². The zero-order chi connectivity index (χ0) is 50.4. The number of hydrogen-bond donors (Lipinski definition) is 0. The molecule has 0 unspecified atom stereocenters. The fourth-order valence-electron chi connectivity index (χ4n) is 11.5. The average Bonchev–Trinajstić information content (AvgIpc) is 3.37. The van der Waals surface area contributed by atoms with Crippen molar-refractivity contribution in [2.24, 2.45) is 0 Å². The topological polar surface area (TPSA) is 6.48 Å². The van der Waals surface area contributed by atoms with Crippen molar-refractivity contribution < 1.29 is 0 Å². The molecule has 2 nitrogen and oxygen atoms in total. The molecule has 0 radical (unpaired) electrons. The molecule has 0 heterocycles. The van der Waals surface area contributed by atoms with Crippen LogP contribution in [-0.2, 0) is 0 Å². The van der Waals surface area contributed by atoms with Crippen LogP contribution >= 0.6 is 0 Å². The summed E-state index contributed by atoms with van der Waals surface area (Å²) in [6.45, 7) is 17.5. The third-order valence-electron chi connectivity index (χ3n) is 16.5. The van der Waals surface area contributed by atoms with Crippen LogP contribution in [0.3, 0.4) is 0 Å². The van der Waals surface area contributed by atoms with E-state index in [9.17, 15) is 0 Å². The van der Waals surface area contributed by atoms with Crippen molar-refractivity contribution in [2.75, 3.05) is 39.3 Å². The lowest BCUT2D eigenvalue weighted by atomic mass is 10.0. The van der Waals surface area contributed by atoms with Crippen molar-refractivity contribution in [2.45, 2.75) is 400 Å². The highest BCUT2D eigenvalue weighted by atomic mass is 15.1. The summed E-state index contributed by atoms with van der Waals surface area (Å²) in [6, 6.07) is 0. The van der Waals surface area contributed by atoms with Crippen LogP contribution < -0.4 is 0 Å². The smallest absolute Gasteiger partial charge is 0.00183 e. The van der Waals surface area contributed by atoms with E-state index in [-0.39, 0.29) is 0 Å². The molecule has 0 aliphatic heterocycles. The summed E-state index contributed by atoms with van der Waals surface area (Å²) in [4.78, 5) is 5.85. The van der Waals surface area contributed by atoms with Crippen LogP contribution in [-0.4, -0.2) is 49.1 Å². The first-order valence-electron chi connectivity index (χ1n) is 34.2. The predicted molar refractivity (Wildman–Crippen MR) is 323 cm³/mol. The van der Waals surface area contributed by atoms with Gasteiger partial charge in [0.1, 0.15) is 0 Å². The van der Waals surface area contributed by atoms with Crippen molar-refractivity contribution in [1.82, 2.24) is 9.80 Å². The second-order valence-electron chi connectivity index (χ2n) is 23.8. The predicted octanol–water partition coefficient (Wildman–Crippen LogP) is 24.3. The van der Waals surface area contributed by atoms with E-state index in [0.717, 1.165) is 0 Å². The fourth-order valence-corrected chi connectivity index (χ4v) is 11.5. The van der Waals surface area contributed by atoms with Crippen molar-refractivity contribution in [3.63, 3.8) is 0 Å². The molecular weight excluding hydrogens is 845 g/mol. The van der Waals surface area contributed by atoms with E-state index in [1.54, 1.807) is 0 Å². The Morgan fingerprint density at radius 2 is 0.200 bits per heavy atom. The average molecular weight is 986 g/mol. The Morgan fingerprint density at radius 3 is 0.314 bits per heavy atom. The van der Waals surface area contributed by atoms with Gasteiger partial charge < -0.3 is 9.80 Å². The molecule has 0 aliphatic rings. The van der Waals surface area contributed by atoms with Crippen molar-refractivity contribution in [1.29, 1.82) is 0 Å². The van der Waals surface area contributed by atoms with Gasteiger partial charge in [0.2, 0.25) is 0 Å². The summed E-state index contributed by atoms with van der Waals surface area (Å²) in [5.41, 5.74) is 0. The minimum Gasteiger partial charge on any atom is -0.303 e. The molecule has 0 saturated heterocycles. The molecule has 0 fully saturated rings. The number of rotatable bonds is 65. The molecule has 0 rings (SSSR count). The second-order valence-corrected chi connectivity index (χ2v) is 23.8. The first-order valence-corrected chi connectivity index (χ1v) is 34.2. The fraction of sp³-hybridized carbons (Fsp3) is 1.00. The molecule has 0 aromatic heterocycles. The van der Waals surface area contributed by atoms with Gasteiger partial charge in [-0.05, 0) is 77.8 Å². The molecule has 2 heteroatoms. The lowest BCUT2D eigenvalue weighted by molar-refractivity contribution is 0.229. The Morgan fingerprint density at radius 1 is 0.114 bits per heavy atom. The SMILES string of the molecule is CCCCCCCCCCCCCCCCN(CCCCCCCCCCCCCCCC)CCCCN(CCCCCCCCCCCCCCCC)CCCCCCCCCCCCCCCC. The van der Waals surface area contributed by atoms with E-state index in [1.807, 2.05) is 0 Å². The highest BCUT2D eigenvalue weighted by Crippen LogP contribution is 2.18. The number of hydrogen-bond acceptors (Lipinski definition) is 2. The van der Waals surface area contributed by atoms with Gasteiger partial charge in [-0.3, -0.25) is 0 Å². The first kappa shape index (κ1) is 69.9. The second kappa shape index (κ2) is 65.0. The Kier molecular flexibility index (Phi) is 65.0. The van der Waals surface area contributed by atoms with Crippen molar-refractivity contribution >= 4 is 0 Å². The maximum atomic E-state index is 2.92. The molecule has 0 N–H and O–H groups in total. The Hall–Kier alpha value is -0.0800. The van der Waals surface area contributed by atoms with Gasteiger partial charge in [0.05, 0.1) is 0 Å². The van der Waals surface area contributed by atoms with E-state index < -0.39 is 0 Å². The van der Waals surface area contributed by atoms with Crippen LogP contribution in [0.25, 0.3) is 0 Å². The highest BCUT2D eigenvalue weighted by molar-refractivity contribution is 4.65. The molecule has 0 saturated carbocycles. The molecule has 0 spiro atoms. The van der Waals surface area contributed by atoms with E-state index >= 15 is 0 Å². The molecule has 0 aromatic rings. The summed E-state index contributed by atoms with van der Waals surface area (Å²) in [6.07, 6.45) is 84.7. The molecule has 0 atom stereocenters. The molecule has 0 bridgehead atoms. The molecule has 0 amide bonds. The van der Waals surface area contributed by atoms with Crippen LogP contribution in [0.4, 0.5) is 0 Å². The van der Waals surface area contributed by atoms with Crippen LogP contribution in [0.1, 0.15) is 400 Å². The van der Waals surface area contributed by atoms with Gasteiger partial charge in [-0.1, -0.05) is 362 Å². The van der Waals surface area contributed by atoms with Crippen molar-refractivity contribution in [3.8, 4) is 0 Å². The van der Waals surface area contributed by atoms with Crippen LogP contribution in [0.2, 0.25) is 0 Å². The van der Waals surface area contributed by atoms with E-state index in [1.165, 1.54) is 412 Å². The molecule has 70 heavy (non-hydrogen) atoms. The number of nitrogens with zero attached hydrogens (tertiary/aromatic N) is 2. The first-order chi connectivity index (χ1) is 34.8. The monoisotopic (exact) mass is 985 g/mol. The van der Waals surface area contributed by atoms with Gasteiger partial charge in [-0.15, -0.1) is 0 Å². The Bertz CT molecular complexity index is 737. The molecule has 422 valence electrons. The summed E-state index contributed by atoms with van der Waals surface area (Å²) < 4.78 is 0. The minimum absolute atomic E-state index is 1.35. The summed E-state index contributed by atoms with van der Waals surface area (Å²) in [5.74, 6) is 0. The molecule has 0 aromatic carbocycles. The summed E-state index contributed by atoms with van der Waals surface area (Å²) in [5, 5.41) is 0. The van der Waals surface area contributed by atoms with Crippen LogP contribution in [0.15, 0.2) is 0 Å². The lowest BCUT2D eigenvalue weighted by Crippen LogP contribution is -2.30. The van der Waals surface area contributed by atoms with E-state index in [2.05, 4.69) is 37.5 Å². The zero-order valence-electron chi connectivity index (χ0n) is 50.1. The zero-order valence-corrected chi connectivity index (χ0v) is 50.1. The molecule has 0 aliphatic carbocycles. The Balaban J connectivity index is 4.70. The van der Waals surface area contributed by atoms with E-state index in [0.29, 0.717) is 0 Å². The largest absolute Gasteiger partial charge is 0.303 e. The summed E-state index contributed by atoms with van der Waals surface area (Å²) in [7, 11) is 0. The molecular formula is C68H140N2. The quantitative estimate of drug-likeness (QED) is 0.0561. The third kappa shape index (κ3) is 60.5. The maximum absolute atomic E-state index is 2.92. The normalized spacial score (nSPS) is 11.9. The van der Waals surface area contributed by atoms with Gasteiger partial charge in [0.15, 0.2) is 0 Å². The third-order valence-corrected chi connectivity index (χ3v) is 16.5. The van der Waals surface area contributed by atoms with Crippen LogP contribution in [0, 0.1) is 0 Å². The van der Waals surface area contributed by atoms with Gasteiger partial charge in [-0.2, -0.15) is 0 Å². The van der Waals surface area contributed by atoms with E-state index in [4.69, 9.17) is 0 Å². The van der Waals surface area contributed by atoms with Crippen molar-refractivity contribution in [3.05, 3.63) is 0 Å².